The van der Waals surface area contributed by atoms with Crippen LogP contribution < -0.4 is 5.76 Å². The average Bonchev–Trinajstić information content (AvgIpc) is 3.23. The maximum absolute atomic E-state index is 12.0. The number of aromatic nitrogens is 3. The molecular formula is C18H22N4O3. The third-order valence-corrected chi connectivity index (χ3v) is 4.60. The highest BCUT2D eigenvalue weighted by molar-refractivity contribution is 5.72. The third-order valence-electron chi connectivity index (χ3n) is 4.60. The van der Waals surface area contributed by atoms with E-state index in [1.807, 2.05) is 41.2 Å². The van der Waals surface area contributed by atoms with Gasteiger partial charge in [-0.05, 0) is 24.6 Å². The predicted molar refractivity (Wildman–Crippen MR) is 93.5 cm³/mol. The van der Waals surface area contributed by atoms with E-state index < -0.39 is 0 Å². The number of para-hydroxylation sites is 2. The summed E-state index contributed by atoms with van der Waals surface area (Å²) in [6.07, 6.45) is 4.80. The molecule has 1 aliphatic rings. The summed E-state index contributed by atoms with van der Waals surface area (Å²) in [5.41, 5.74) is 1.52. The van der Waals surface area contributed by atoms with Crippen molar-refractivity contribution in [3.05, 3.63) is 53.3 Å². The number of ether oxygens (including phenoxy) is 1. The number of hydrogen-bond donors (Lipinski definition) is 0. The van der Waals surface area contributed by atoms with Crippen LogP contribution in [0.5, 0.6) is 0 Å². The molecule has 0 amide bonds. The first kappa shape index (κ1) is 16.1. The molecule has 0 unspecified atom stereocenters. The van der Waals surface area contributed by atoms with Gasteiger partial charge in [0.25, 0.3) is 0 Å². The van der Waals surface area contributed by atoms with Gasteiger partial charge in [-0.25, -0.2) is 4.79 Å². The Morgan fingerprint density at radius 1 is 1.20 bits per heavy atom. The number of oxazole rings is 1. The second kappa shape index (κ2) is 7.25. The minimum Gasteiger partial charge on any atom is -0.408 e. The van der Waals surface area contributed by atoms with Crippen molar-refractivity contribution in [1.29, 1.82) is 0 Å². The number of nitrogens with zero attached hydrogens (tertiary/aromatic N) is 4. The molecule has 0 radical (unpaired) electrons. The maximum atomic E-state index is 12.0. The standard InChI is InChI=1S/C18H22N4O3/c23-18-22(16-5-1-2-6-17(16)25-18)10-4-8-20-11-12-24-15(13-20)14-21-9-3-7-19-21/h1-3,5-7,9,15H,4,8,10-14H2/t15-/m1/s1. The number of rotatable bonds is 6. The highest BCUT2D eigenvalue weighted by atomic mass is 16.5. The van der Waals surface area contributed by atoms with Crippen LogP contribution in [0.2, 0.25) is 0 Å². The van der Waals surface area contributed by atoms with E-state index in [2.05, 4.69) is 10.00 Å². The molecule has 4 rings (SSSR count). The molecule has 132 valence electrons. The van der Waals surface area contributed by atoms with Crippen LogP contribution in [0.4, 0.5) is 0 Å². The average molecular weight is 342 g/mol. The molecule has 1 fully saturated rings. The summed E-state index contributed by atoms with van der Waals surface area (Å²) >= 11 is 0. The van der Waals surface area contributed by atoms with Gasteiger partial charge < -0.3 is 9.15 Å². The van der Waals surface area contributed by atoms with Gasteiger partial charge in [-0.3, -0.25) is 14.1 Å². The summed E-state index contributed by atoms with van der Waals surface area (Å²) in [6, 6.07) is 9.48. The molecule has 0 bridgehead atoms. The van der Waals surface area contributed by atoms with E-state index in [0.29, 0.717) is 12.1 Å². The summed E-state index contributed by atoms with van der Waals surface area (Å²) in [5.74, 6) is -0.278. The fourth-order valence-corrected chi connectivity index (χ4v) is 3.39. The quantitative estimate of drug-likeness (QED) is 0.680. The Morgan fingerprint density at radius 3 is 3.00 bits per heavy atom. The lowest BCUT2D eigenvalue weighted by atomic mass is 10.2. The smallest absolute Gasteiger partial charge is 0.408 e. The Labute approximate surface area is 145 Å². The Kier molecular flexibility index (Phi) is 4.67. The first-order valence-electron chi connectivity index (χ1n) is 8.69. The van der Waals surface area contributed by atoms with Crippen LogP contribution in [-0.4, -0.2) is 51.6 Å². The van der Waals surface area contributed by atoms with Crippen LogP contribution in [-0.2, 0) is 17.8 Å². The largest absolute Gasteiger partial charge is 0.419 e. The Hall–Kier alpha value is -2.38. The first-order valence-corrected chi connectivity index (χ1v) is 8.69. The molecule has 0 spiro atoms. The van der Waals surface area contributed by atoms with Gasteiger partial charge in [-0.15, -0.1) is 0 Å². The molecule has 1 saturated heterocycles. The summed E-state index contributed by atoms with van der Waals surface area (Å²) in [4.78, 5) is 14.4. The van der Waals surface area contributed by atoms with Crippen molar-refractivity contribution in [3.8, 4) is 0 Å². The van der Waals surface area contributed by atoms with Gasteiger partial charge >= 0.3 is 5.76 Å². The van der Waals surface area contributed by atoms with E-state index in [1.165, 1.54) is 0 Å². The van der Waals surface area contributed by atoms with E-state index in [9.17, 15) is 4.79 Å². The molecule has 2 aromatic heterocycles. The molecule has 7 nitrogen and oxygen atoms in total. The van der Waals surface area contributed by atoms with E-state index in [1.54, 1.807) is 10.8 Å². The molecule has 7 heteroatoms. The molecule has 0 N–H and O–H groups in total. The van der Waals surface area contributed by atoms with Crippen LogP contribution in [0.3, 0.4) is 0 Å². The third kappa shape index (κ3) is 3.67. The maximum Gasteiger partial charge on any atom is 0.419 e. The van der Waals surface area contributed by atoms with Crippen LogP contribution in [0, 0.1) is 0 Å². The van der Waals surface area contributed by atoms with E-state index in [0.717, 1.165) is 44.7 Å². The number of hydrogen-bond acceptors (Lipinski definition) is 5. The van der Waals surface area contributed by atoms with Crippen LogP contribution in [0.1, 0.15) is 6.42 Å². The van der Waals surface area contributed by atoms with Crippen molar-refractivity contribution in [2.24, 2.45) is 0 Å². The second-order valence-corrected chi connectivity index (χ2v) is 6.36. The minimum absolute atomic E-state index is 0.158. The topological polar surface area (TPSA) is 65.4 Å². The molecule has 1 atom stereocenters. The van der Waals surface area contributed by atoms with Crippen molar-refractivity contribution in [2.45, 2.75) is 25.6 Å². The second-order valence-electron chi connectivity index (χ2n) is 6.36. The minimum atomic E-state index is -0.278. The van der Waals surface area contributed by atoms with Gasteiger partial charge in [0.1, 0.15) is 0 Å². The van der Waals surface area contributed by atoms with Gasteiger partial charge in [-0.1, -0.05) is 12.1 Å². The molecule has 25 heavy (non-hydrogen) atoms. The lowest BCUT2D eigenvalue weighted by Gasteiger charge is -2.32. The Morgan fingerprint density at radius 2 is 2.12 bits per heavy atom. The number of fused-ring (bicyclic) bond motifs is 1. The normalized spacial score (nSPS) is 18.8. The Bertz CT molecular complexity index is 868. The van der Waals surface area contributed by atoms with Crippen molar-refractivity contribution in [3.63, 3.8) is 0 Å². The molecule has 0 saturated carbocycles. The summed E-state index contributed by atoms with van der Waals surface area (Å²) in [7, 11) is 0. The fourth-order valence-electron chi connectivity index (χ4n) is 3.39. The van der Waals surface area contributed by atoms with Crippen LogP contribution in [0.25, 0.3) is 11.1 Å². The zero-order valence-corrected chi connectivity index (χ0v) is 14.1. The predicted octanol–water partition coefficient (Wildman–Crippen LogP) is 1.58. The molecule has 3 aromatic rings. The summed E-state index contributed by atoms with van der Waals surface area (Å²) in [6.45, 7) is 4.93. The van der Waals surface area contributed by atoms with Gasteiger partial charge in [0.15, 0.2) is 5.58 Å². The van der Waals surface area contributed by atoms with Crippen molar-refractivity contribution >= 4 is 11.1 Å². The van der Waals surface area contributed by atoms with Crippen molar-refractivity contribution in [1.82, 2.24) is 19.2 Å². The number of benzene rings is 1. The number of aryl methyl sites for hydroxylation is 1. The fraction of sp³-hybridized carbons (Fsp3) is 0.444. The first-order chi connectivity index (χ1) is 12.3. The summed E-state index contributed by atoms with van der Waals surface area (Å²) < 4.78 is 14.7. The number of morpholine rings is 1. The SMILES string of the molecule is O=c1oc2ccccc2n1CCCN1CCO[C@@H](Cn2cccn2)C1. The molecule has 1 aliphatic heterocycles. The van der Waals surface area contributed by atoms with E-state index in [-0.39, 0.29) is 11.9 Å². The molecule has 1 aromatic carbocycles. The highest BCUT2D eigenvalue weighted by Crippen LogP contribution is 2.13. The summed E-state index contributed by atoms with van der Waals surface area (Å²) in [5, 5.41) is 4.24. The lowest BCUT2D eigenvalue weighted by molar-refractivity contribution is -0.0379. The molecule has 0 aliphatic carbocycles. The van der Waals surface area contributed by atoms with Crippen LogP contribution >= 0.6 is 0 Å². The molecule has 3 heterocycles. The monoisotopic (exact) mass is 342 g/mol. The van der Waals surface area contributed by atoms with Gasteiger partial charge in [0.05, 0.1) is 24.8 Å². The zero-order valence-electron chi connectivity index (χ0n) is 14.1. The van der Waals surface area contributed by atoms with Gasteiger partial charge in [0.2, 0.25) is 0 Å². The zero-order chi connectivity index (χ0) is 17.1. The lowest BCUT2D eigenvalue weighted by Crippen LogP contribution is -2.44. The van der Waals surface area contributed by atoms with Gasteiger partial charge in [0, 0.05) is 38.6 Å². The van der Waals surface area contributed by atoms with Crippen LogP contribution in [0.15, 0.2) is 51.9 Å². The van der Waals surface area contributed by atoms with E-state index >= 15 is 0 Å². The van der Waals surface area contributed by atoms with E-state index in [4.69, 9.17) is 9.15 Å². The highest BCUT2D eigenvalue weighted by Gasteiger charge is 2.20. The van der Waals surface area contributed by atoms with Crippen molar-refractivity contribution < 1.29 is 9.15 Å². The van der Waals surface area contributed by atoms with Crippen molar-refractivity contribution in [2.75, 3.05) is 26.2 Å². The Balaban J connectivity index is 1.32. The molecular weight excluding hydrogens is 320 g/mol. The van der Waals surface area contributed by atoms with Gasteiger partial charge in [-0.2, -0.15) is 5.10 Å².